The van der Waals surface area contributed by atoms with Gasteiger partial charge in [-0.15, -0.1) is 0 Å². The average molecular weight is 421 g/mol. The van der Waals surface area contributed by atoms with Crippen molar-refractivity contribution >= 4 is 16.1 Å². The van der Waals surface area contributed by atoms with E-state index in [9.17, 15) is 13.2 Å². The summed E-state index contributed by atoms with van der Waals surface area (Å²) in [6.07, 6.45) is 1.21. The third-order valence-electron chi connectivity index (χ3n) is 4.27. The lowest BCUT2D eigenvalue weighted by Crippen LogP contribution is -2.39. The number of carbonyl (C=O) groups excluding carboxylic acids is 1. The van der Waals surface area contributed by atoms with Gasteiger partial charge in [0.25, 0.3) is 10.1 Å². The molecular formula is C22H28O6S. The summed E-state index contributed by atoms with van der Waals surface area (Å²) < 4.78 is 40.4. The summed E-state index contributed by atoms with van der Waals surface area (Å²) in [6, 6.07) is 14.1. The van der Waals surface area contributed by atoms with Crippen LogP contribution in [0.3, 0.4) is 0 Å². The van der Waals surface area contributed by atoms with Crippen molar-refractivity contribution in [3.63, 3.8) is 0 Å². The molecule has 0 atom stereocenters. The number of esters is 1. The van der Waals surface area contributed by atoms with E-state index in [1.54, 1.807) is 64.1 Å². The molecule has 0 radical (unpaired) electrons. The van der Waals surface area contributed by atoms with Crippen LogP contribution in [0.4, 0.5) is 0 Å². The minimum absolute atomic E-state index is 0.102. The van der Waals surface area contributed by atoms with Gasteiger partial charge in [0.2, 0.25) is 0 Å². The van der Waals surface area contributed by atoms with E-state index >= 15 is 0 Å². The summed E-state index contributed by atoms with van der Waals surface area (Å²) in [5.41, 5.74) is 0.604. The second-order valence-corrected chi connectivity index (χ2v) is 8.71. The lowest BCUT2D eigenvalue weighted by atomic mass is 10.1. The second-order valence-electron chi connectivity index (χ2n) is 7.12. The van der Waals surface area contributed by atoms with E-state index in [0.29, 0.717) is 30.8 Å². The van der Waals surface area contributed by atoms with E-state index in [1.807, 2.05) is 12.1 Å². The first-order valence-electron chi connectivity index (χ1n) is 9.56. The van der Waals surface area contributed by atoms with E-state index in [1.165, 1.54) is 0 Å². The summed E-state index contributed by atoms with van der Waals surface area (Å²) in [5, 5.41) is 0. The Kier molecular flexibility index (Phi) is 7.81. The van der Waals surface area contributed by atoms with Gasteiger partial charge in [0.1, 0.15) is 5.75 Å². The van der Waals surface area contributed by atoms with Crippen molar-refractivity contribution in [1.82, 2.24) is 0 Å². The fraction of sp³-hybridized carbons (Fsp3) is 0.409. The fourth-order valence-corrected chi connectivity index (χ4v) is 3.88. The van der Waals surface area contributed by atoms with Gasteiger partial charge in [-0.3, -0.25) is 4.18 Å². The third kappa shape index (κ3) is 6.58. The molecule has 0 spiro atoms. The highest BCUT2D eigenvalue weighted by molar-refractivity contribution is 7.86. The lowest BCUT2D eigenvalue weighted by molar-refractivity contribution is -0.158. The van der Waals surface area contributed by atoms with Crippen LogP contribution in [0.15, 0.2) is 53.4 Å². The Hall–Kier alpha value is -2.38. The first-order chi connectivity index (χ1) is 13.7. The molecule has 0 aliphatic carbocycles. The maximum absolute atomic E-state index is 12.3. The molecule has 6 nitrogen and oxygen atoms in total. The summed E-state index contributed by atoms with van der Waals surface area (Å²) in [6.45, 7) is 7.20. The monoisotopic (exact) mass is 420 g/mol. The number of aryl methyl sites for hydroxylation is 2. The SMILES string of the molecule is CCOC(=O)C(C)(C)Oc1ccc(CCCOS(=O)(=O)c2ccccc2C)cc1. The maximum atomic E-state index is 12.3. The topological polar surface area (TPSA) is 78.9 Å². The first kappa shape index (κ1) is 22.9. The molecule has 0 saturated carbocycles. The molecule has 0 heterocycles. The van der Waals surface area contributed by atoms with Gasteiger partial charge in [-0.2, -0.15) is 8.42 Å². The molecule has 0 aliphatic heterocycles. The van der Waals surface area contributed by atoms with Gasteiger partial charge in [0, 0.05) is 0 Å². The predicted molar refractivity (Wildman–Crippen MR) is 110 cm³/mol. The molecule has 158 valence electrons. The number of carbonyl (C=O) groups is 1. The Morgan fingerprint density at radius 1 is 1.03 bits per heavy atom. The highest BCUT2D eigenvalue weighted by Gasteiger charge is 2.31. The summed E-state index contributed by atoms with van der Waals surface area (Å²) in [7, 11) is -3.75. The van der Waals surface area contributed by atoms with Gasteiger partial charge in [0.05, 0.1) is 18.1 Å². The fourth-order valence-electron chi connectivity index (χ4n) is 2.71. The Morgan fingerprint density at radius 2 is 1.69 bits per heavy atom. The quantitative estimate of drug-likeness (QED) is 0.328. The van der Waals surface area contributed by atoms with Gasteiger partial charge < -0.3 is 9.47 Å². The van der Waals surface area contributed by atoms with Crippen molar-refractivity contribution in [3.8, 4) is 5.75 Å². The van der Waals surface area contributed by atoms with Crippen molar-refractivity contribution in [3.05, 3.63) is 59.7 Å². The molecule has 2 aromatic rings. The van der Waals surface area contributed by atoms with Gasteiger partial charge in [0.15, 0.2) is 5.60 Å². The average Bonchev–Trinajstić information content (AvgIpc) is 2.66. The van der Waals surface area contributed by atoms with E-state index in [4.69, 9.17) is 13.7 Å². The molecule has 0 unspecified atom stereocenters. The summed E-state index contributed by atoms with van der Waals surface area (Å²) in [5.74, 6) is 0.140. The van der Waals surface area contributed by atoms with Crippen molar-refractivity contribution in [2.24, 2.45) is 0 Å². The van der Waals surface area contributed by atoms with Crippen LogP contribution in [0.25, 0.3) is 0 Å². The molecule has 7 heteroatoms. The van der Waals surface area contributed by atoms with Gasteiger partial charge >= 0.3 is 5.97 Å². The number of rotatable bonds is 10. The standard InChI is InChI=1S/C22H28O6S/c1-5-26-21(23)22(3,4)28-19-14-12-18(13-15-19)10-8-16-27-29(24,25)20-11-7-6-9-17(20)2/h6-7,9,11-15H,5,8,10,16H2,1-4H3. The molecule has 0 aromatic heterocycles. The predicted octanol–water partition coefficient (Wildman–Crippen LogP) is 4.05. The molecule has 0 amide bonds. The highest BCUT2D eigenvalue weighted by atomic mass is 32.2. The second kappa shape index (κ2) is 9.89. The smallest absolute Gasteiger partial charge is 0.349 e. The maximum Gasteiger partial charge on any atom is 0.349 e. The number of hydrogen-bond acceptors (Lipinski definition) is 6. The van der Waals surface area contributed by atoms with Crippen molar-refractivity contribution < 1.29 is 26.9 Å². The molecule has 0 bridgehead atoms. The molecule has 0 aliphatic rings. The Morgan fingerprint density at radius 3 is 2.31 bits per heavy atom. The van der Waals surface area contributed by atoms with Crippen LogP contribution in [0.1, 0.15) is 38.3 Å². The molecule has 29 heavy (non-hydrogen) atoms. The molecule has 2 rings (SSSR count). The third-order valence-corrected chi connectivity index (χ3v) is 5.75. The molecule has 0 saturated heterocycles. The van der Waals surface area contributed by atoms with Gasteiger partial charge in [-0.25, -0.2) is 4.79 Å². The number of benzene rings is 2. The minimum atomic E-state index is -3.75. The Balaban J connectivity index is 1.85. The molecule has 0 N–H and O–H groups in total. The van der Waals surface area contributed by atoms with E-state index < -0.39 is 21.7 Å². The summed E-state index contributed by atoms with van der Waals surface area (Å²) in [4.78, 5) is 12.1. The van der Waals surface area contributed by atoms with E-state index in [-0.39, 0.29) is 11.5 Å². The largest absolute Gasteiger partial charge is 0.476 e. The van der Waals surface area contributed by atoms with Gasteiger partial charge in [-0.1, -0.05) is 30.3 Å². The Labute approximate surface area is 172 Å². The van der Waals surface area contributed by atoms with Crippen molar-refractivity contribution in [1.29, 1.82) is 0 Å². The van der Waals surface area contributed by atoms with Crippen LogP contribution < -0.4 is 4.74 Å². The summed E-state index contributed by atoms with van der Waals surface area (Å²) >= 11 is 0. The Bertz CT molecular complexity index is 917. The van der Waals surface area contributed by atoms with Crippen LogP contribution >= 0.6 is 0 Å². The normalized spacial score (nSPS) is 11.9. The van der Waals surface area contributed by atoms with Gasteiger partial charge in [-0.05, 0) is 69.9 Å². The zero-order valence-electron chi connectivity index (χ0n) is 17.3. The van der Waals surface area contributed by atoms with Crippen LogP contribution in [-0.4, -0.2) is 33.2 Å². The molecular weight excluding hydrogens is 392 g/mol. The minimum Gasteiger partial charge on any atom is -0.476 e. The number of hydrogen-bond donors (Lipinski definition) is 0. The zero-order valence-corrected chi connectivity index (χ0v) is 18.1. The van der Waals surface area contributed by atoms with Crippen LogP contribution in [0.5, 0.6) is 5.75 Å². The van der Waals surface area contributed by atoms with Crippen LogP contribution in [0.2, 0.25) is 0 Å². The van der Waals surface area contributed by atoms with E-state index in [2.05, 4.69) is 0 Å². The lowest BCUT2D eigenvalue weighted by Gasteiger charge is -2.24. The van der Waals surface area contributed by atoms with Crippen LogP contribution in [0, 0.1) is 6.92 Å². The highest BCUT2D eigenvalue weighted by Crippen LogP contribution is 2.21. The zero-order chi connectivity index (χ0) is 21.5. The number of ether oxygens (including phenoxy) is 2. The van der Waals surface area contributed by atoms with Crippen LogP contribution in [-0.2, 0) is 30.3 Å². The first-order valence-corrected chi connectivity index (χ1v) is 11.0. The van der Waals surface area contributed by atoms with E-state index in [0.717, 1.165) is 5.56 Å². The molecule has 0 fully saturated rings. The molecule has 2 aromatic carbocycles. The van der Waals surface area contributed by atoms with Crippen molar-refractivity contribution in [2.75, 3.05) is 13.2 Å². The van der Waals surface area contributed by atoms with Crippen molar-refractivity contribution in [2.45, 2.75) is 51.0 Å².